The van der Waals surface area contributed by atoms with E-state index in [4.69, 9.17) is 23.1 Å². The molecular weight excluding hydrogens is 243 g/mol. The lowest BCUT2D eigenvalue weighted by atomic mass is 10.0. The van der Waals surface area contributed by atoms with Crippen LogP contribution in [0, 0.1) is 0 Å². The van der Waals surface area contributed by atoms with Gasteiger partial charge in [-0.15, -0.1) is 0 Å². The van der Waals surface area contributed by atoms with Crippen molar-refractivity contribution in [2.45, 2.75) is 25.1 Å². The molecule has 0 bridgehead atoms. The van der Waals surface area contributed by atoms with Gasteiger partial charge >= 0.3 is 6.18 Å². The van der Waals surface area contributed by atoms with Crippen LogP contribution in [0.5, 0.6) is 0 Å². The fourth-order valence-corrected chi connectivity index (χ4v) is 1.40. The van der Waals surface area contributed by atoms with E-state index in [1.807, 2.05) is 0 Å². The number of halogens is 4. The van der Waals surface area contributed by atoms with Crippen LogP contribution in [0.25, 0.3) is 0 Å². The highest BCUT2D eigenvalue weighted by Gasteiger charge is 2.28. The number of hydrogen-bond acceptors (Lipinski definition) is 3. The number of aromatic nitrogens is 1. The average Bonchev–Trinajstić information content (AvgIpc) is 2.17. The van der Waals surface area contributed by atoms with Gasteiger partial charge in [0.2, 0.25) is 0 Å². The molecule has 1 aromatic rings. The van der Waals surface area contributed by atoms with Crippen molar-refractivity contribution in [3.05, 3.63) is 22.8 Å². The molecule has 0 aliphatic carbocycles. The predicted molar refractivity (Wildman–Crippen MR) is 55.9 cm³/mol. The Morgan fingerprint density at radius 1 is 1.44 bits per heavy atom. The highest BCUT2D eigenvalue weighted by atomic mass is 35.5. The Labute approximate surface area is 95.6 Å². The Balaban J connectivity index is 2.73. The fourth-order valence-electron chi connectivity index (χ4n) is 1.24. The van der Waals surface area contributed by atoms with E-state index in [9.17, 15) is 13.2 Å². The Bertz CT molecular complexity index is 368. The number of pyridine rings is 1. The predicted octanol–water partition coefficient (Wildman–Crippen LogP) is 2.66. The topological polar surface area (TPSA) is 64.9 Å². The summed E-state index contributed by atoms with van der Waals surface area (Å²) >= 11 is 5.66. The van der Waals surface area contributed by atoms with Crippen LogP contribution in [-0.2, 0) is 0 Å². The van der Waals surface area contributed by atoms with Gasteiger partial charge in [0.1, 0.15) is 5.82 Å². The van der Waals surface area contributed by atoms with Crippen molar-refractivity contribution in [3.63, 3.8) is 0 Å². The Kier molecular flexibility index (Phi) is 3.98. The average molecular weight is 254 g/mol. The molecule has 0 spiro atoms. The number of alkyl halides is 3. The molecule has 1 atom stereocenters. The van der Waals surface area contributed by atoms with Crippen molar-refractivity contribution in [2.75, 3.05) is 5.73 Å². The summed E-state index contributed by atoms with van der Waals surface area (Å²) in [6, 6.07) is 0.623. The molecule has 1 rings (SSSR count). The lowest BCUT2D eigenvalue weighted by molar-refractivity contribution is -0.136. The second-order valence-corrected chi connectivity index (χ2v) is 3.82. The Morgan fingerprint density at radius 3 is 2.62 bits per heavy atom. The van der Waals surface area contributed by atoms with Crippen LogP contribution >= 0.6 is 11.6 Å². The van der Waals surface area contributed by atoms with E-state index in [0.717, 1.165) is 0 Å². The second kappa shape index (κ2) is 4.88. The molecular formula is C9H11ClF3N3. The molecule has 90 valence electrons. The molecule has 0 aliphatic rings. The first-order valence-electron chi connectivity index (χ1n) is 4.53. The van der Waals surface area contributed by atoms with Gasteiger partial charge in [-0.05, 0) is 12.5 Å². The third-order valence-corrected chi connectivity index (χ3v) is 2.26. The van der Waals surface area contributed by atoms with Crippen molar-refractivity contribution in [2.24, 2.45) is 5.73 Å². The molecule has 7 heteroatoms. The van der Waals surface area contributed by atoms with E-state index in [2.05, 4.69) is 4.98 Å². The fraction of sp³-hybridized carbons (Fsp3) is 0.444. The van der Waals surface area contributed by atoms with Gasteiger partial charge in [-0.1, -0.05) is 11.6 Å². The molecule has 0 saturated heterocycles. The maximum atomic E-state index is 12.0. The third kappa shape index (κ3) is 3.86. The lowest BCUT2D eigenvalue weighted by Gasteiger charge is -2.15. The molecule has 0 aromatic carbocycles. The van der Waals surface area contributed by atoms with E-state index in [1.165, 1.54) is 12.3 Å². The van der Waals surface area contributed by atoms with Gasteiger partial charge in [0.15, 0.2) is 0 Å². The highest BCUT2D eigenvalue weighted by Crippen LogP contribution is 2.28. The van der Waals surface area contributed by atoms with Gasteiger partial charge in [-0.3, -0.25) is 0 Å². The first kappa shape index (κ1) is 13.1. The van der Waals surface area contributed by atoms with Crippen molar-refractivity contribution in [1.82, 2.24) is 4.98 Å². The van der Waals surface area contributed by atoms with Crippen molar-refractivity contribution in [1.29, 1.82) is 0 Å². The van der Waals surface area contributed by atoms with Gasteiger partial charge in [0.05, 0.1) is 5.02 Å². The van der Waals surface area contributed by atoms with Crippen molar-refractivity contribution >= 4 is 17.4 Å². The van der Waals surface area contributed by atoms with E-state index in [0.29, 0.717) is 10.6 Å². The Morgan fingerprint density at radius 2 is 2.06 bits per heavy atom. The molecule has 3 nitrogen and oxygen atoms in total. The van der Waals surface area contributed by atoms with Crippen LogP contribution in [0.3, 0.4) is 0 Å². The minimum absolute atomic E-state index is 0.110. The van der Waals surface area contributed by atoms with E-state index in [-0.39, 0.29) is 12.2 Å². The van der Waals surface area contributed by atoms with Crippen molar-refractivity contribution in [3.8, 4) is 0 Å². The quantitative estimate of drug-likeness (QED) is 0.870. The highest BCUT2D eigenvalue weighted by molar-refractivity contribution is 6.30. The van der Waals surface area contributed by atoms with Crippen LogP contribution in [0.2, 0.25) is 5.02 Å². The van der Waals surface area contributed by atoms with Gasteiger partial charge in [0, 0.05) is 24.2 Å². The molecule has 1 aromatic heterocycles. The summed E-state index contributed by atoms with van der Waals surface area (Å²) in [5.74, 6) is 0.110. The minimum Gasteiger partial charge on any atom is -0.383 e. The maximum Gasteiger partial charge on any atom is 0.389 e. The van der Waals surface area contributed by atoms with E-state index >= 15 is 0 Å². The largest absolute Gasteiger partial charge is 0.389 e. The van der Waals surface area contributed by atoms with Crippen molar-refractivity contribution < 1.29 is 13.2 Å². The van der Waals surface area contributed by atoms with Crippen LogP contribution in [0.1, 0.15) is 24.4 Å². The summed E-state index contributed by atoms with van der Waals surface area (Å²) in [4.78, 5) is 3.73. The van der Waals surface area contributed by atoms with Crippen LogP contribution in [0.4, 0.5) is 19.0 Å². The summed E-state index contributed by atoms with van der Waals surface area (Å²) in [6.07, 6.45) is -4.11. The first-order chi connectivity index (χ1) is 7.29. The summed E-state index contributed by atoms with van der Waals surface area (Å²) in [5, 5.41) is 0.298. The summed E-state index contributed by atoms with van der Waals surface area (Å²) in [7, 11) is 0. The maximum absolute atomic E-state index is 12.0. The SMILES string of the molecule is Nc1ncc(Cl)cc1C(N)CCC(F)(F)F. The monoisotopic (exact) mass is 253 g/mol. The number of nitrogens with two attached hydrogens (primary N) is 2. The molecule has 0 amide bonds. The molecule has 1 unspecified atom stereocenters. The summed E-state index contributed by atoms with van der Waals surface area (Å²) in [6.45, 7) is 0. The normalized spacial score (nSPS) is 13.8. The van der Waals surface area contributed by atoms with Gasteiger partial charge in [-0.2, -0.15) is 13.2 Å². The molecule has 16 heavy (non-hydrogen) atoms. The van der Waals surface area contributed by atoms with E-state index < -0.39 is 18.6 Å². The number of nitrogens with zero attached hydrogens (tertiary/aromatic N) is 1. The number of anilines is 1. The van der Waals surface area contributed by atoms with Crippen LogP contribution < -0.4 is 11.5 Å². The van der Waals surface area contributed by atoms with Crippen LogP contribution in [0.15, 0.2) is 12.3 Å². The molecule has 4 N–H and O–H groups in total. The smallest absolute Gasteiger partial charge is 0.383 e. The summed E-state index contributed by atoms with van der Waals surface area (Å²) < 4.78 is 35.9. The molecule has 0 fully saturated rings. The molecule has 0 saturated carbocycles. The number of rotatable bonds is 3. The molecule has 0 aliphatic heterocycles. The van der Waals surface area contributed by atoms with Gasteiger partial charge in [-0.25, -0.2) is 4.98 Å². The third-order valence-electron chi connectivity index (χ3n) is 2.05. The van der Waals surface area contributed by atoms with Crippen LogP contribution in [-0.4, -0.2) is 11.2 Å². The van der Waals surface area contributed by atoms with E-state index in [1.54, 1.807) is 0 Å². The Hall–Kier alpha value is -1.01. The minimum atomic E-state index is -4.22. The number of nitrogen functional groups attached to an aromatic ring is 1. The zero-order valence-electron chi connectivity index (χ0n) is 8.26. The molecule has 0 radical (unpaired) electrons. The van der Waals surface area contributed by atoms with Gasteiger partial charge in [0.25, 0.3) is 0 Å². The second-order valence-electron chi connectivity index (χ2n) is 3.39. The zero-order valence-corrected chi connectivity index (χ0v) is 9.02. The standard InChI is InChI=1S/C9H11ClF3N3/c10-5-3-6(8(15)16-4-5)7(14)1-2-9(11,12)13/h3-4,7H,1-2,14H2,(H2,15,16). The summed E-state index contributed by atoms with van der Waals surface area (Å²) in [5.41, 5.74) is 11.4. The number of hydrogen-bond donors (Lipinski definition) is 2. The van der Waals surface area contributed by atoms with Gasteiger partial charge < -0.3 is 11.5 Å². The lowest BCUT2D eigenvalue weighted by Crippen LogP contribution is -2.17. The first-order valence-corrected chi connectivity index (χ1v) is 4.90. The molecule has 1 heterocycles. The zero-order chi connectivity index (χ0) is 12.3.